The van der Waals surface area contributed by atoms with Gasteiger partial charge in [-0.25, -0.2) is 0 Å². The summed E-state index contributed by atoms with van der Waals surface area (Å²) < 4.78 is 10.2. The summed E-state index contributed by atoms with van der Waals surface area (Å²) >= 11 is 0. The van der Waals surface area contributed by atoms with Crippen LogP contribution in [0, 0.1) is 0 Å². The van der Waals surface area contributed by atoms with Crippen LogP contribution in [0.2, 0.25) is 0 Å². The number of nitrogens with zero attached hydrogens (tertiary/aromatic N) is 1. The van der Waals surface area contributed by atoms with E-state index in [1.165, 1.54) is 12.0 Å². The molecule has 0 fully saturated rings. The van der Waals surface area contributed by atoms with Crippen molar-refractivity contribution in [3.8, 4) is 11.5 Å². The Morgan fingerprint density at radius 3 is 2.33 bits per heavy atom. The van der Waals surface area contributed by atoms with Crippen LogP contribution in [0.3, 0.4) is 0 Å². The predicted molar refractivity (Wildman–Crippen MR) is 57.6 cm³/mol. The molecule has 0 bridgehead atoms. The van der Waals surface area contributed by atoms with Gasteiger partial charge < -0.3 is 14.4 Å². The van der Waals surface area contributed by atoms with E-state index in [1.54, 1.807) is 39.4 Å². The number of hydrogen-bond donors (Lipinski definition) is 0. The minimum atomic E-state index is -0.106. The van der Waals surface area contributed by atoms with E-state index in [-0.39, 0.29) is 5.91 Å². The topological polar surface area (TPSA) is 38.8 Å². The summed E-state index contributed by atoms with van der Waals surface area (Å²) in [6.45, 7) is 0. The van der Waals surface area contributed by atoms with Crippen LogP contribution in [0.25, 0.3) is 0 Å². The van der Waals surface area contributed by atoms with Crippen LogP contribution in [0.5, 0.6) is 11.5 Å². The van der Waals surface area contributed by atoms with Crippen molar-refractivity contribution in [3.63, 3.8) is 0 Å². The highest BCUT2D eigenvalue weighted by Crippen LogP contribution is 2.24. The van der Waals surface area contributed by atoms with Crippen LogP contribution in [-0.2, 0) is 0 Å². The first kappa shape index (κ1) is 11.4. The zero-order chi connectivity index (χ0) is 11.4. The molecule has 0 spiro atoms. The van der Waals surface area contributed by atoms with E-state index in [4.69, 9.17) is 9.47 Å². The van der Waals surface area contributed by atoms with E-state index in [9.17, 15) is 4.79 Å². The molecule has 0 aliphatic heterocycles. The zero-order valence-corrected chi connectivity index (χ0v) is 9.40. The lowest BCUT2D eigenvalue weighted by Gasteiger charge is -2.14. The lowest BCUT2D eigenvalue weighted by Crippen LogP contribution is -2.22. The maximum absolute atomic E-state index is 11.8. The standard InChI is InChI=1S/C11H15NO3/c1-12(2)11(13)9-7-8(14-3)5-6-10(9)15-4/h5-7H,1-4H3. The molecule has 1 amide bonds. The minimum Gasteiger partial charge on any atom is -0.497 e. The summed E-state index contributed by atoms with van der Waals surface area (Å²) in [5.41, 5.74) is 0.502. The van der Waals surface area contributed by atoms with Crippen LogP contribution >= 0.6 is 0 Å². The van der Waals surface area contributed by atoms with E-state index in [0.717, 1.165) is 0 Å². The maximum Gasteiger partial charge on any atom is 0.257 e. The molecule has 4 heteroatoms. The Labute approximate surface area is 89.4 Å². The van der Waals surface area contributed by atoms with Gasteiger partial charge in [0.25, 0.3) is 5.91 Å². The van der Waals surface area contributed by atoms with Gasteiger partial charge in [0.15, 0.2) is 0 Å². The largest absolute Gasteiger partial charge is 0.497 e. The number of carbonyl (C=O) groups excluding carboxylic acids is 1. The highest BCUT2D eigenvalue weighted by atomic mass is 16.5. The van der Waals surface area contributed by atoms with Crippen molar-refractivity contribution < 1.29 is 14.3 Å². The SMILES string of the molecule is COc1ccc(OC)c(C(=O)N(C)C)c1. The van der Waals surface area contributed by atoms with Crippen molar-refractivity contribution in [1.29, 1.82) is 0 Å². The van der Waals surface area contributed by atoms with Gasteiger partial charge in [-0.05, 0) is 18.2 Å². The first-order chi connectivity index (χ1) is 7.10. The second kappa shape index (κ2) is 4.68. The highest BCUT2D eigenvalue weighted by Gasteiger charge is 2.14. The van der Waals surface area contributed by atoms with E-state index in [2.05, 4.69) is 0 Å². The third-order valence-corrected chi connectivity index (χ3v) is 2.04. The Morgan fingerprint density at radius 1 is 1.20 bits per heavy atom. The lowest BCUT2D eigenvalue weighted by atomic mass is 10.1. The van der Waals surface area contributed by atoms with Crippen LogP contribution in [-0.4, -0.2) is 39.1 Å². The maximum atomic E-state index is 11.8. The first-order valence-electron chi connectivity index (χ1n) is 4.53. The number of benzene rings is 1. The summed E-state index contributed by atoms with van der Waals surface area (Å²) in [6.07, 6.45) is 0. The highest BCUT2D eigenvalue weighted by molar-refractivity contribution is 5.97. The Kier molecular flexibility index (Phi) is 3.55. The molecule has 0 radical (unpaired) electrons. The molecule has 0 N–H and O–H groups in total. The Bertz CT molecular complexity index is 361. The van der Waals surface area contributed by atoms with Gasteiger partial charge in [-0.15, -0.1) is 0 Å². The Balaban J connectivity index is 3.17. The van der Waals surface area contributed by atoms with Crippen LogP contribution in [0.4, 0.5) is 0 Å². The van der Waals surface area contributed by atoms with Gasteiger partial charge in [-0.2, -0.15) is 0 Å². The molecule has 0 atom stereocenters. The van der Waals surface area contributed by atoms with Crippen molar-refractivity contribution in [2.24, 2.45) is 0 Å². The van der Waals surface area contributed by atoms with Gasteiger partial charge in [-0.1, -0.05) is 0 Å². The average Bonchev–Trinajstić information content (AvgIpc) is 2.27. The van der Waals surface area contributed by atoms with Gasteiger partial charge in [0.1, 0.15) is 11.5 Å². The number of hydrogen-bond acceptors (Lipinski definition) is 3. The zero-order valence-electron chi connectivity index (χ0n) is 9.40. The van der Waals surface area contributed by atoms with Gasteiger partial charge in [-0.3, -0.25) is 4.79 Å². The van der Waals surface area contributed by atoms with E-state index < -0.39 is 0 Å². The smallest absolute Gasteiger partial charge is 0.257 e. The third-order valence-electron chi connectivity index (χ3n) is 2.04. The number of rotatable bonds is 3. The van der Waals surface area contributed by atoms with E-state index in [0.29, 0.717) is 17.1 Å². The molecular formula is C11H15NO3. The van der Waals surface area contributed by atoms with E-state index >= 15 is 0 Å². The van der Waals surface area contributed by atoms with Crippen molar-refractivity contribution in [2.75, 3.05) is 28.3 Å². The summed E-state index contributed by atoms with van der Waals surface area (Å²) in [5.74, 6) is 1.08. The molecule has 0 aliphatic rings. The summed E-state index contributed by atoms with van der Waals surface area (Å²) in [7, 11) is 6.49. The summed E-state index contributed by atoms with van der Waals surface area (Å²) in [6, 6.07) is 5.14. The van der Waals surface area contributed by atoms with Crippen LogP contribution < -0.4 is 9.47 Å². The summed E-state index contributed by atoms with van der Waals surface area (Å²) in [4.78, 5) is 13.3. The molecule has 0 heterocycles. The van der Waals surface area contributed by atoms with Gasteiger partial charge in [0.2, 0.25) is 0 Å². The molecule has 15 heavy (non-hydrogen) atoms. The summed E-state index contributed by atoms with van der Waals surface area (Å²) in [5, 5.41) is 0. The van der Waals surface area contributed by atoms with Crippen LogP contribution in [0.1, 0.15) is 10.4 Å². The Hall–Kier alpha value is -1.71. The molecule has 0 aliphatic carbocycles. The van der Waals surface area contributed by atoms with Crippen molar-refractivity contribution in [2.45, 2.75) is 0 Å². The second-order valence-corrected chi connectivity index (χ2v) is 3.27. The molecule has 0 saturated carbocycles. The predicted octanol–water partition coefficient (Wildman–Crippen LogP) is 1.41. The molecule has 4 nitrogen and oxygen atoms in total. The molecule has 0 saturated heterocycles. The van der Waals surface area contributed by atoms with E-state index in [1.807, 2.05) is 0 Å². The Morgan fingerprint density at radius 2 is 1.87 bits per heavy atom. The normalized spacial score (nSPS) is 9.60. The fourth-order valence-corrected chi connectivity index (χ4v) is 1.22. The van der Waals surface area contributed by atoms with Crippen molar-refractivity contribution in [1.82, 2.24) is 4.90 Å². The fourth-order valence-electron chi connectivity index (χ4n) is 1.22. The molecule has 1 aromatic carbocycles. The molecular weight excluding hydrogens is 194 g/mol. The monoisotopic (exact) mass is 209 g/mol. The first-order valence-corrected chi connectivity index (χ1v) is 4.53. The minimum absolute atomic E-state index is 0.106. The molecule has 1 rings (SSSR count). The number of carbonyl (C=O) groups is 1. The molecule has 0 aromatic heterocycles. The second-order valence-electron chi connectivity index (χ2n) is 3.27. The van der Waals surface area contributed by atoms with Crippen molar-refractivity contribution in [3.05, 3.63) is 23.8 Å². The number of amides is 1. The molecule has 1 aromatic rings. The number of methoxy groups -OCH3 is 2. The van der Waals surface area contributed by atoms with Crippen molar-refractivity contribution >= 4 is 5.91 Å². The third kappa shape index (κ3) is 2.40. The van der Waals surface area contributed by atoms with Gasteiger partial charge >= 0.3 is 0 Å². The number of ether oxygens (including phenoxy) is 2. The van der Waals surface area contributed by atoms with Gasteiger partial charge in [0, 0.05) is 14.1 Å². The quantitative estimate of drug-likeness (QED) is 0.755. The molecule has 0 unspecified atom stereocenters. The molecule has 82 valence electrons. The van der Waals surface area contributed by atoms with Gasteiger partial charge in [0.05, 0.1) is 19.8 Å². The lowest BCUT2D eigenvalue weighted by molar-refractivity contribution is 0.0824. The van der Waals surface area contributed by atoms with Crippen LogP contribution in [0.15, 0.2) is 18.2 Å². The fraction of sp³-hybridized carbons (Fsp3) is 0.364. The average molecular weight is 209 g/mol.